The lowest BCUT2D eigenvalue weighted by Crippen LogP contribution is -2.21. The van der Waals surface area contributed by atoms with Crippen LogP contribution in [0.15, 0.2) is 34.9 Å². The Balaban J connectivity index is 2.33. The number of carbonyl (C=O) groups excluding carboxylic acids is 1. The highest BCUT2D eigenvalue weighted by molar-refractivity contribution is 9.10. The van der Waals surface area contributed by atoms with E-state index in [0.29, 0.717) is 6.54 Å². The third-order valence-electron chi connectivity index (χ3n) is 2.55. The number of fused-ring (bicyclic) bond motifs is 1. The van der Waals surface area contributed by atoms with Gasteiger partial charge in [-0.05, 0) is 22.0 Å². The van der Waals surface area contributed by atoms with Gasteiger partial charge in [0.25, 0.3) is 0 Å². The molecular formula is C12H11Br2NO2. The minimum absolute atomic E-state index is 0.265. The number of hydrogen-bond donors (Lipinski definition) is 0. The van der Waals surface area contributed by atoms with E-state index in [1.807, 2.05) is 35.0 Å². The van der Waals surface area contributed by atoms with Crippen LogP contribution in [0.25, 0.3) is 10.9 Å². The van der Waals surface area contributed by atoms with Crippen molar-refractivity contribution in [3.63, 3.8) is 0 Å². The molecule has 1 unspecified atom stereocenters. The van der Waals surface area contributed by atoms with Crippen LogP contribution in [0.4, 0.5) is 0 Å². The first-order valence-corrected chi connectivity index (χ1v) is 6.79. The lowest BCUT2D eigenvalue weighted by atomic mass is 10.2. The Kier molecular flexibility index (Phi) is 3.89. The van der Waals surface area contributed by atoms with Gasteiger partial charge in [-0.2, -0.15) is 0 Å². The number of benzene rings is 1. The minimum Gasteiger partial charge on any atom is -0.468 e. The summed E-state index contributed by atoms with van der Waals surface area (Å²) in [7, 11) is 1.39. The molecule has 0 amide bonds. The van der Waals surface area contributed by atoms with E-state index in [1.165, 1.54) is 7.11 Å². The number of ether oxygens (including phenoxy) is 1. The van der Waals surface area contributed by atoms with Crippen molar-refractivity contribution in [1.82, 2.24) is 4.57 Å². The molecule has 0 aliphatic rings. The number of aromatic nitrogens is 1. The van der Waals surface area contributed by atoms with E-state index in [9.17, 15) is 4.79 Å². The first-order chi connectivity index (χ1) is 8.13. The monoisotopic (exact) mass is 359 g/mol. The summed E-state index contributed by atoms with van der Waals surface area (Å²) in [4.78, 5) is 11.0. The van der Waals surface area contributed by atoms with E-state index in [1.54, 1.807) is 0 Å². The Bertz CT molecular complexity index is 550. The van der Waals surface area contributed by atoms with E-state index >= 15 is 0 Å². The van der Waals surface area contributed by atoms with Gasteiger partial charge in [0.2, 0.25) is 0 Å². The molecule has 0 radical (unpaired) electrons. The van der Waals surface area contributed by atoms with Crippen molar-refractivity contribution >= 4 is 48.7 Å². The van der Waals surface area contributed by atoms with Gasteiger partial charge in [-0.15, -0.1) is 0 Å². The molecule has 0 bridgehead atoms. The number of para-hydroxylation sites is 1. The van der Waals surface area contributed by atoms with Crippen LogP contribution in [-0.2, 0) is 16.1 Å². The van der Waals surface area contributed by atoms with E-state index in [4.69, 9.17) is 4.74 Å². The number of hydrogen-bond acceptors (Lipinski definition) is 2. The molecule has 0 N–H and O–H groups in total. The van der Waals surface area contributed by atoms with Crippen molar-refractivity contribution in [2.24, 2.45) is 0 Å². The van der Waals surface area contributed by atoms with Crippen LogP contribution in [0.1, 0.15) is 0 Å². The molecule has 0 spiro atoms. The van der Waals surface area contributed by atoms with Gasteiger partial charge in [-0.25, -0.2) is 0 Å². The van der Waals surface area contributed by atoms with Gasteiger partial charge < -0.3 is 9.30 Å². The SMILES string of the molecule is COC(=O)C(Br)Cn1cc(Br)c2ccccc21. The molecule has 0 saturated heterocycles. The van der Waals surface area contributed by atoms with Gasteiger partial charge in [0.15, 0.2) is 0 Å². The van der Waals surface area contributed by atoms with Crippen molar-refractivity contribution in [2.45, 2.75) is 11.4 Å². The lowest BCUT2D eigenvalue weighted by Gasteiger charge is -2.09. The average Bonchev–Trinajstić information content (AvgIpc) is 2.66. The molecule has 17 heavy (non-hydrogen) atoms. The fraction of sp³-hybridized carbons (Fsp3) is 0.250. The second-order valence-corrected chi connectivity index (χ2v) is 5.60. The predicted molar refractivity (Wildman–Crippen MR) is 74.4 cm³/mol. The standard InChI is InChI=1S/C12H11Br2NO2/c1-17-12(16)10(14)7-15-6-9(13)8-4-2-3-5-11(8)15/h2-6,10H,7H2,1H3. The zero-order valence-electron chi connectivity index (χ0n) is 9.19. The second-order valence-electron chi connectivity index (χ2n) is 3.64. The smallest absolute Gasteiger partial charge is 0.321 e. The molecule has 2 aromatic rings. The topological polar surface area (TPSA) is 31.2 Å². The first-order valence-electron chi connectivity index (χ1n) is 5.08. The zero-order chi connectivity index (χ0) is 12.4. The molecule has 1 atom stereocenters. The van der Waals surface area contributed by atoms with Crippen molar-refractivity contribution < 1.29 is 9.53 Å². The van der Waals surface area contributed by atoms with Crippen LogP contribution in [0.3, 0.4) is 0 Å². The molecule has 0 saturated carbocycles. The van der Waals surface area contributed by atoms with Crippen molar-refractivity contribution in [3.05, 3.63) is 34.9 Å². The summed E-state index contributed by atoms with van der Waals surface area (Å²) in [6, 6.07) is 8.03. The van der Waals surface area contributed by atoms with E-state index in [0.717, 1.165) is 15.4 Å². The van der Waals surface area contributed by atoms with E-state index in [-0.39, 0.29) is 10.8 Å². The number of halogens is 2. The minimum atomic E-state index is -0.338. The zero-order valence-corrected chi connectivity index (χ0v) is 12.4. The molecule has 1 aromatic carbocycles. The third kappa shape index (κ3) is 2.55. The molecule has 1 heterocycles. The quantitative estimate of drug-likeness (QED) is 0.621. The molecule has 5 heteroatoms. The van der Waals surface area contributed by atoms with Crippen LogP contribution in [0.2, 0.25) is 0 Å². The molecule has 1 aromatic heterocycles. The number of methoxy groups -OCH3 is 1. The summed E-state index contributed by atoms with van der Waals surface area (Å²) in [5.41, 5.74) is 1.09. The van der Waals surface area contributed by atoms with Gasteiger partial charge >= 0.3 is 5.97 Å². The number of nitrogens with zero attached hydrogens (tertiary/aromatic N) is 1. The summed E-state index contributed by atoms with van der Waals surface area (Å²) in [5, 5.41) is 1.14. The lowest BCUT2D eigenvalue weighted by molar-refractivity contribution is -0.140. The van der Waals surface area contributed by atoms with Crippen molar-refractivity contribution in [2.75, 3.05) is 7.11 Å². The molecule has 0 aliphatic heterocycles. The highest BCUT2D eigenvalue weighted by Crippen LogP contribution is 2.26. The van der Waals surface area contributed by atoms with Gasteiger partial charge in [0, 0.05) is 28.1 Å². The molecule has 0 aliphatic carbocycles. The molecular weight excluding hydrogens is 350 g/mol. The summed E-state index contributed by atoms with van der Waals surface area (Å²) in [6.45, 7) is 0.540. The van der Waals surface area contributed by atoms with E-state index in [2.05, 4.69) is 31.9 Å². The van der Waals surface area contributed by atoms with Crippen LogP contribution in [-0.4, -0.2) is 22.5 Å². The summed E-state index contributed by atoms with van der Waals surface area (Å²) in [6.07, 6.45) is 1.97. The molecule has 3 nitrogen and oxygen atoms in total. The Hall–Kier alpha value is -0.810. The maximum Gasteiger partial charge on any atom is 0.321 e. The predicted octanol–water partition coefficient (Wildman–Crippen LogP) is 3.34. The van der Waals surface area contributed by atoms with Crippen LogP contribution in [0.5, 0.6) is 0 Å². The van der Waals surface area contributed by atoms with Gasteiger partial charge in [0.05, 0.1) is 7.11 Å². The first kappa shape index (κ1) is 12.6. The summed E-state index contributed by atoms with van der Waals surface area (Å²) in [5.74, 6) is -0.265. The Morgan fingerprint density at radius 2 is 2.18 bits per heavy atom. The number of alkyl halides is 1. The molecule has 2 rings (SSSR count). The fourth-order valence-electron chi connectivity index (χ4n) is 1.73. The Morgan fingerprint density at radius 3 is 2.88 bits per heavy atom. The normalized spacial score (nSPS) is 12.6. The average molecular weight is 361 g/mol. The fourth-order valence-corrected chi connectivity index (χ4v) is 2.81. The Morgan fingerprint density at radius 1 is 1.47 bits per heavy atom. The number of carbonyl (C=O) groups is 1. The highest BCUT2D eigenvalue weighted by atomic mass is 79.9. The molecule has 0 fully saturated rings. The third-order valence-corrected chi connectivity index (χ3v) is 3.85. The van der Waals surface area contributed by atoms with Crippen LogP contribution < -0.4 is 0 Å². The Labute approximate surface area is 116 Å². The number of esters is 1. The molecule has 90 valence electrons. The van der Waals surface area contributed by atoms with Crippen molar-refractivity contribution in [1.29, 1.82) is 0 Å². The highest BCUT2D eigenvalue weighted by Gasteiger charge is 2.17. The van der Waals surface area contributed by atoms with Gasteiger partial charge in [-0.1, -0.05) is 34.1 Å². The van der Waals surface area contributed by atoms with Gasteiger partial charge in [0.1, 0.15) is 4.83 Å². The second kappa shape index (κ2) is 5.23. The largest absolute Gasteiger partial charge is 0.468 e. The van der Waals surface area contributed by atoms with Crippen LogP contribution in [0, 0.1) is 0 Å². The summed E-state index contributed by atoms with van der Waals surface area (Å²) >= 11 is 6.83. The maximum atomic E-state index is 11.4. The van der Waals surface area contributed by atoms with Crippen LogP contribution >= 0.6 is 31.9 Å². The van der Waals surface area contributed by atoms with Gasteiger partial charge in [-0.3, -0.25) is 4.79 Å². The summed E-state index contributed by atoms with van der Waals surface area (Å²) < 4.78 is 7.74. The van der Waals surface area contributed by atoms with E-state index < -0.39 is 0 Å². The maximum absolute atomic E-state index is 11.4. The number of rotatable bonds is 3. The van der Waals surface area contributed by atoms with Crippen molar-refractivity contribution in [3.8, 4) is 0 Å².